The number of rotatable bonds is 6. The summed E-state index contributed by atoms with van der Waals surface area (Å²) in [6.07, 6.45) is 0. The minimum atomic E-state index is -1.53. The molecule has 10 heteroatoms. The lowest BCUT2D eigenvalue weighted by atomic mass is 9.92. The zero-order valence-corrected chi connectivity index (χ0v) is 19.1. The molecule has 4 rings (SSSR count). The monoisotopic (exact) mass is 570 g/mol. The van der Waals surface area contributed by atoms with Crippen molar-refractivity contribution in [2.75, 3.05) is 30.3 Å². The van der Waals surface area contributed by atoms with Gasteiger partial charge in [0.2, 0.25) is 0 Å². The van der Waals surface area contributed by atoms with Gasteiger partial charge in [0.25, 0.3) is 5.91 Å². The number of halogens is 5. The Labute approximate surface area is 200 Å². The Morgan fingerprint density at radius 3 is 2.48 bits per heavy atom. The van der Waals surface area contributed by atoms with Gasteiger partial charge in [-0.05, 0) is 71.1 Å². The van der Waals surface area contributed by atoms with Gasteiger partial charge >= 0.3 is 0 Å². The van der Waals surface area contributed by atoms with E-state index in [1.165, 1.54) is 35.2 Å². The molecule has 5 nitrogen and oxygen atoms in total. The number of carbonyl (C=O) groups excluding carboxylic acids is 1. The van der Waals surface area contributed by atoms with Crippen LogP contribution in [0.3, 0.4) is 0 Å². The van der Waals surface area contributed by atoms with Crippen molar-refractivity contribution in [3.05, 3.63) is 87.0 Å². The second-order valence-corrected chi connectivity index (χ2v) is 8.99. The smallest absolute Gasteiger partial charge is 0.256 e. The first-order valence-corrected chi connectivity index (χ1v) is 10.9. The van der Waals surface area contributed by atoms with Gasteiger partial charge in [-0.3, -0.25) is 4.79 Å². The van der Waals surface area contributed by atoms with Crippen LogP contribution in [0.25, 0.3) is 0 Å². The molecule has 1 fully saturated rings. The van der Waals surface area contributed by atoms with Crippen LogP contribution in [-0.2, 0) is 0 Å². The Kier molecular flexibility index (Phi) is 6.48. The first-order valence-electron chi connectivity index (χ1n) is 9.84. The number of anilines is 3. The van der Waals surface area contributed by atoms with Gasteiger partial charge < -0.3 is 20.6 Å². The molecule has 1 saturated heterocycles. The molecule has 1 heterocycles. The Hall–Kier alpha value is -2.86. The van der Waals surface area contributed by atoms with Crippen molar-refractivity contribution in [1.29, 1.82) is 0 Å². The Balaban J connectivity index is 1.49. The number of carbonyl (C=O) groups is 1. The molecule has 1 aliphatic rings. The molecule has 1 aliphatic heterocycles. The van der Waals surface area contributed by atoms with Crippen molar-refractivity contribution in [3.8, 4) is 0 Å². The molecule has 2 N–H and O–H groups in total. The molecule has 172 valence electrons. The number of hydrogen-bond acceptors (Lipinski definition) is 4. The predicted molar refractivity (Wildman–Crippen MR) is 122 cm³/mol. The molecule has 0 bridgehead atoms. The van der Waals surface area contributed by atoms with E-state index >= 15 is 0 Å². The molecule has 0 unspecified atom stereocenters. The predicted octanol–water partition coefficient (Wildman–Crippen LogP) is 4.26. The number of amides is 1. The van der Waals surface area contributed by atoms with Gasteiger partial charge in [0.05, 0.1) is 16.9 Å². The molecule has 3 aromatic rings. The van der Waals surface area contributed by atoms with Crippen molar-refractivity contribution >= 4 is 45.6 Å². The number of hydrogen-bond donors (Lipinski definition) is 2. The van der Waals surface area contributed by atoms with E-state index in [0.717, 1.165) is 12.1 Å². The molecule has 0 spiro atoms. The molecular weight excluding hydrogens is 553 g/mol. The summed E-state index contributed by atoms with van der Waals surface area (Å²) in [6, 6.07) is 11.6. The van der Waals surface area contributed by atoms with Crippen molar-refractivity contribution in [2.45, 2.75) is 5.60 Å². The van der Waals surface area contributed by atoms with Crippen LogP contribution >= 0.6 is 22.6 Å². The Bertz CT molecular complexity index is 1220. The normalized spacial score (nSPS) is 14.5. The number of nitrogens with zero attached hydrogens (tertiary/aromatic N) is 1. The maximum Gasteiger partial charge on any atom is 0.256 e. The summed E-state index contributed by atoms with van der Waals surface area (Å²) in [5.74, 6) is -4.38. The fraction of sp³-hybridized carbons (Fsp3) is 0.174. The van der Waals surface area contributed by atoms with Gasteiger partial charge in [0, 0.05) is 28.9 Å². The number of likely N-dealkylation sites (tertiary alicyclic amines) is 1. The van der Waals surface area contributed by atoms with Crippen LogP contribution in [0.5, 0.6) is 0 Å². The molecule has 33 heavy (non-hydrogen) atoms. The molecular formula is C23H17F4IN3O2-. The zero-order chi connectivity index (χ0) is 23.8. The van der Waals surface area contributed by atoms with Crippen molar-refractivity contribution in [1.82, 2.24) is 4.90 Å². The van der Waals surface area contributed by atoms with Crippen LogP contribution < -0.4 is 15.7 Å². The highest BCUT2D eigenvalue weighted by Gasteiger charge is 2.37. The van der Waals surface area contributed by atoms with Gasteiger partial charge in [-0.1, -0.05) is 11.7 Å². The average Bonchev–Trinajstić information content (AvgIpc) is 2.75. The van der Waals surface area contributed by atoms with Crippen molar-refractivity contribution < 1.29 is 27.5 Å². The fourth-order valence-electron chi connectivity index (χ4n) is 3.51. The van der Waals surface area contributed by atoms with Crippen LogP contribution in [-0.4, -0.2) is 36.0 Å². The summed E-state index contributed by atoms with van der Waals surface area (Å²) in [7, 11) is 0. The Morgan fingerprint density at radius 2 is 1.79 bits per heavy atom. The highest BCUT2D eigenvalue weighted by molar-refractivity contribution is 14.1. The summed E-state index contributed by atoms with van der Waals surface area (Å²) in [5.41, 5.74) is -1.97. The lowest BCUT2D eigenvalue weighted by Gasteiger charge is -2.56. The van der Waals surface area contributed by atoms with E-state index in [0.29, 0.717) is 9.26 Å². The van der Waals surface area contributed by atoms with E-state index < -0.39 is 40.5 Å². The largest absolute Gasteiger partial charge is 0.846 e. The average molecular weight is 570 g/mol. The first kappa shape index (κ1) is 23.3. The second-order valence-electron chi connectivity index (χ2n) is 7.74. The van der Waals surface area contributed by atoms with Crippen LogP contribution in [0.15, 0.2) is 54.6 Å². The van der Waals surface area contributed by atoms with Gasteiger partial charge in [0.15, 0.2) is 11.6 Å². The van der Waals surface area contributed by atoms with E-state index in [-0.39, 0.29) is 30.9 Å². The van der Waals surface area contributed by atoms with E-state index in [9.17, 15) is 27.5 Å². The van der Waals surface area contributed by atoms with E-state index in [2.05, 4.69) is 10.6 Å². The van der Waals surface area contributed by atoms with Crippen LogP contribution in [0.1, 0.15) is 10.4 Å². The molecule has 0 aromatic heterocycles. The standard InChI is InChI=1S/C23H17F4IN3O2/c24-13-2-1-3-15(8-13)29-10-23(33)11-31(12-23)22(32)16-5-6-17(25)20(27)21(16)30-19-7-4-14(28)9-18(19)26/h1-9,29-30H,10-12H2/q-1. The molecule has 1 amide bonds. The van der Waals surface area contributed by atoms with E-state index in [1.807, 2.05) is 22.6 Å². The second kappa shape index (κ2) is 9.18. The third-order valence-electron chi connectivity index (χ3n) is 5.20. The molecule has 0 atom stereocenters. The van der Waals surface area contributed by atoms with E-state index in [1.54, 1.807) is 12.1 Å². The lowest BCUT2D eigenvalue weighted by Crippen LogP contribution is -2.73. The summed E-state index contributed by atoms with van der Waals surface area (Å²) in [4.78, 5) is 14.1. The zero-order valence-electron chi connectivity index (χ0n) is 17.0. The molecule has 3 aromatic carbocycles. The maximum atomic E-state index is 14.6. The lowest BCUT2D eigenvalue weighted by molar-refractivity contribution is -0.495. The van der Waals surface area contributed by atoms with Gasteiger partial charge in [-0.15, -0.1) is 0 Å². The van der Waals surface area contributed by atoms with Gasteiger partial charge in [0.1, 0.15) is 11.6 Å². The van der Waals surface area contributed by atoms with E-state index in [4.69, 9.17) is 0 Å². The fourth-order valence-corrected chi connectivity index (χ4v) is 3.97. The summed E-state index contributed by atoms with van der Waals surface area (Å²) in [6.45, 7) is -0.439. The summed E-state index contributed by atoms with van der Waals surface area (Å²) in [5, 5.41) is 18.1. The van der Waals surface area contributed by atoms with Crippen molar-refractivity contribution in [2.24, 2.45) is 0 Å². The minimum absolute atomic E-state index is 0.0586. The SMILES string of the molecule is O=C(c1ccc(F)c(F)c1Nc1ccc(I)cc1F)N1CC([O-])(CNc2cccc(F)c2)C1. The summed E-state index contributed by atoms with van der Waals surface area (Å²) >= 11 is 1.90. The number of nitrogens with one attached hydrogen (secondary N) is 2. The summed E-state index contributed by atoms with van der Waals surface area (Å²) < 4.78 is 56.6. The molecule has 0 aliphatic carbocycles. The highest BCUT2D eigenvalue weighted by Crippen LogP contribution is 2.31. The molecule has 0 saturated carbocycles. The number of benzene rings is 3. The minimum Gasteiger partial charge on any atom is -0.846 e. The molecule has 0 radical (unpaired) electrons. The quantitative estimate of drug-likeness (QED) is 0.344. The van der Waals surface area contributed by atoms with Gasteiger partial charge in [-0.2, -0.15) is 0 Å². The first-order chi connectivity index (χ1) is 15.6. The Morgan fingerprint density at radius 1 is 1.03 bits per heavy atom. The highest BCUT2D eigenvalue weighted by atomic mass is 127. The van der Waals surface area contributed by atoms with Crippen LogP contribution in [0.4, 0.5) is 34.6 Å². The van der Waals surface area contributed by atoms with Crippen LogP contribution in [0.2, 0.25) is 0 Å². The third-order valence-corrected chi connectivity index (χ3v) is 5.87. The topological polar surface area (TPSA) is 67.4 Å². The van der Waals surface area contributed by atoms with Gasteiger partial charge in [-0.25, -0.2) is 17.6 Å². The maximum absolute atomic E-state index is 14.6. The van der Waals surface area contributed by atoms with Crippen molar-refractivity contribution in [3.63, 3.8) is 0 Å². The third kappa shape index (κ3) is 5.06. The van der Waals surface area contributed by atoms with Crippen LogP contribution in [0, 0.1) is 26.8 Å².